The Balaban J connectivity index is 2.21. The summed E-state index contributed by atoms with van der Waals surface area (Å²) in [5, 5.41) is 13.9. The van der Waals surface area contributed by atoms with E-state index in [-0.39, 0.29) is 22.7 Å². The summed E-state index contributed by atoms with van der Waals surface area (Å²) in [6, 6.07) is 12.8. The highest BCUT2D eigenvalue weighted by Gasteiger charge is 2.28. The molecule has 0 unspecified atom stereocenters. The maximum Gasteiger partial charge on any atom is 0.251 e. The zero-order chi connectivity index (χ0) is 21.4. The van der Waals surface area contributed by atoms with Gasteiger partial charge in [0.2, 0.25) is 5.91 Å². The minimum absolute atomic E-state index is 0.219. The summed E-state index contributed by atoms with van der Waals surface area (Å²) in [7, 11) is -3.87. The number of carbonyl (C=O) groups is 2. The number of nitriles is 1. The molecule has 2 rings (SSSR count). The standard InChI is InChI=1S/C19H17Cl2N3O4S/c20-15-6-7-16(21)14(10-15)11-29(27,28)12-17(19(26)23-9-8-22)24-18(25)13-4-2-1-3-5-13/h1-7,10,17H,9,11-12H2,(H,23,26)(H,24,25)/t17-/m0/s1. The van der Waals surface area contributed by atoms with Crippen LogP contribution in [0.2, 0.25) is 10.0 Å². The molecule has 0 heterocycles. The van der Waals surface area contributed by atoms with Crippen molar-refractivity contribution in [3.63, 3.8) is 0 Å². The van der Waals surface area contributed by atoms with E-state index in [0.29, 0.717) is 5.02 Å². The van der Waals surface area contributed by atoms with Crippen LogP contribution in [0.15, 0.2) is 48.5 Å². The molecular formula is C19H17Cl2N3O4S. The minimum Gasteiger partial charge on any atom is -0.341 e. The highest BCUT2D eigenvalue weighted by molar-refractivity contribution is 7.90. The number of carbonyl (C=O) groups excluding carboxylic acids is 2. The lowest BCUT2D eigenvalue weighted by molar-refractivity contribution is -0.122. The second-order valence-corrected chi connectivity index (χ2v) is 9.01. The SMILES string of the molecule is N#CCNC(=O)[C@H](CS(=O)(=O)Cc1cc(Cl)ccc1Cl)NC(=O)c1ccccc1. The molecule has 0 fully saturated rings. The van der Waals surface area contributed by atoms with Gasteiger partial charge in [0.1, 0.15) is 12.6 Å². The number of nitrogens with one attached hydrogen (secondary N) is 2. The van der Waals surface area contributed by atoms with Gasteiger partial charge in [-0.25, -0.2) is 8.42 Å². The number of hydrogen-bond donors (Lipinski definition) is 2. The highest BCUT2D eigenvalue weighted by Crippen LogP contribution is 2.23. The lowest BCUT2D eigenvalue weighted by atomic mass is 10.2. The predicted molar refractivity (Wildman–Crippen MR) is 110 cm³/mol. The third-order valence-electron chi connectivity index (χ3n) is 3.80. The summed E-state index contributed by atoms with van der Waals surface area (Å²) in [6.07, 6.45) is 0. The molecular weight excluding hydrogens is 437 g/mol. The third kappa shape index (κ3) is 7.06. The van der Waals surface area contributed by atoms with Crippen LogP contribution in [0.1, 0.15) is 15.9 Å². The van der Waals surface area contributed by atoms with E-state index in [1.165, 1.54) is 30.3 Å². The van der Waals surface area contributed by atoms with Crippen LogP contribution in [0.4, 0.5) is 0 Å². The smallest absolute Gasteiger partial charge is 0.251 e. The summed E-state index contributed by atoms with van der Waals surface area (Å²) in [5.41, 5.74) is 0.547. The van der Waals surface area contributed by atoms with Gasteiger partial charge in [0.05, 0.1) is 17.6 Å². The molecule has 0 spiro atoms. The Labute approximate surface area is 178 Å². The molecule has 0 aliphatic heterocycles. The van der Waals surface area contributed by atoms with Crippen LogP contribution in [0, 0.1) is 11.3 Å². The number of sulfone groups is 1. The Morgan fingerprint density at radius 2 is 1.79 bits per heavy atom. The van der Waals surface area contributed by atoms with Crippen molar-refractivity contribution in [3.05, 3.63) is 69.7 Å². The van der Waals surface area contributed by atoms with E-state index in [1.54, 1.807) is 24.3 Å². The van der Waals surface area contributed by atoms with Crippen LogP contribution in [0.25, 0.3) is 0 Å². The first-order valence-electron chi connectivity index (χ1n) is 8.37. The van der Waals surface area contributed by atoms with Gasteiger partial charge in [0, 0.05) is 15.6 Å². The van der Waals surface area contributed by atoms with E-state index >= 15 is 0 Å². The quantitative estimate of drug-likeness (QED) is 0.594. The van der Waals surface area contributed by atoms with Crippen LogP contribution in [-0.2, 0) is 20.4 Å². The van der Waals surface area contributed by atoms with Crippen LogP contribution in [0.3, 0.4) is 0 Å². The molecule has 0 bridgehead atoms. The van der Waals surface area contributed by atoms with Gasteiger partial charge >= 0.3 is 0 Å². The van der Waals surface area contributed by atoms with Gasteiger partial charge in [-0.15, -0.1) is 0 Å². The largest absolute Gasteiger partial charge is 0.341 e. The fourth-order valence-electron chi connectivity index (χ4n) is 2.47. The Bertz CT molecular complexity index is 1040. The van der Waals surface area contributed by atoms with Gasteiger partial charge in [0.15, 0.2) is 9.84 Å². The number of benzene rings is 2. The van der Waals surface area contributed by atoms with Crippen LogP contribution < -0.4 is 10.6 Å². The van der Waals surface area contributed by atoms with Crippen molar-refractivity contribution in [1.82, 2.24) is 10.6 Å². The second kappa shape index (κ2) is 10.3. The molecule has 0 saturated carbocycles. The van der Waals surface area contributed by atoms with E-state index in [9.17, 15) is 18.0 Å². The van der Waals surface area contributed by atoms with Crippen LogP contribution in [-0.4, -0.2) is 38.6 Å². The van der Waals surface area contributed by atoms with Crippen LogP contribution >= 0.6 is 23.2 Å². The Morgan fingerprint density at radius 3 is 2.45 bits per heavy atom. The molecule has 2 aromatic carbocycles. The Morgan fingerprint density at radius 1 is 1.10 bits per heavy atom. The zero-order valence-corrected chi connectivity index (χ0v) is 17.4. The normalized spacial score (nSPS) is 11.9. The number of rotatable bonds is 8. The lowest BCUT2D eigenvalue weighted by Gasteiger charge is -2.18. The molecule has 1 atom stereocenters. The van der Waals surface area contributed by atoms with Crippen molar-refractivity contribution in [3.8, 4) is 6.07 Å². The first-order valence-corrected chi connectivity index (χ1v) is 10.9. The topological polar surface area (TPSA) is 116 Å². The van der Waals surface area contributed by atoms with Gasteiger partial charge < -0.3 is 10.6 Å². The average molecular weight is 454 g/mol. The van der Waals surface area contributed by atoms with E-state index in [2.05, 4.69) is 10.6 Å². The van der Waals surface area contributed by atoms with Crippen molar-refractivity contribution in [2.24, 2.45) is 0 Å². The van der Waals surface area contributed by atoms with Crippen molar-refractivity contribution < 1.29 is 18.0 Å². The molecule has 7 nitrogen and oxygen atoms in total. The molecule has 0 radical (unpaired) electrons. The number of nitrogens with zero attached hydrogens (tertiary/aromatic N) is 1. The third-order valence-corrected chi connectivity index (χ3v) is 6.00. The molecule has 152 valence electrons. The molecule has 0 aromatic heterocycles. The molecule has 2 N–H and O–H groups in total. The molecule has 2 amide bonds. The molecule has 0 aliphatic carbocycles. The molecule has 10 heteroatoms. The first-order chi connectivity index (χ1) is 13.7. The van der Waals surface area contributed by atoms with E-state index in [4.69, 9.17) is 28.5 Å². The maximum atomic E-state index is 12.7. The van der Waals surface area contributed by atoms with Gasteiger partial charge in [0.25, 0.3) is 5.91 Å². The van der Waals surface area contributed by atoms with E-state index in [0.717, 1.165) is 0 Å². The van der Waals surface area contributed by atoms with Gasteiger partial charge in [-0.3, -0.25) is 9.59 Å². The fourth-order valence-corrected chi connectivity index (χ4v) is 4.50. The lowest BCUT2D eigenvalue weighted by Crippen LogP contribution is -2.50. The van der Waals surface area contributed by atoms with E-state index < -0.39 is 39.2 Å². The van der Waals surface area contributed by atoms with Crippen molar-refractivity contribution in [2.75, 3.05) is 12.3 Å². The van der Waals surface area contributed by atoms with Crippen molar-refractivity contribution >= 4 is 44.9 Å². The zero-order valence-electron chi connectivity index (χ0n) is 15.1. The highest BCUT2D eigenvalue weighted by atomic mass is 35.5. The summed E-state index contributed by atoms with van der Waals surface area (Å²) in [5.74, 6) is -2.53. The Hall–Kier alpha value is -2.60. The second-order valence-electron chi connectivity index (χ2n) is 6.06. The number of halogens is 2. The van der Waals surface area contributed by atoms with Crippen LogP contribution in [0.5, 0.6) is 0 Å². The summed E-state index contributed by atoms with van der Waals surface area (Å²) in [4.78, 5) is 24.7. The van der Waals surface area contributed by atoms with Crippen molar-refractivity contribution in [2.45, 2.75) is 11.8 Å². The Kier molecular flexibility index (Phi) is 8.02. The minimum atomic E-state index is -3.87. The molecule has 0 aliphatic rings. The van der Waals surface area contributed by atoms with Crippen molar-refractivity contribution in [1.29, 1.82) is 5.26 Å². The van der Waals surface area contributed by atoms with Gasteiger partial charge in [-0.1, -0.05) is 41.4 Å². The van der Waals surface area contributed by atoms with Gasteiger partial charge in [-0.05, 0) is 35.9 Å². The maximum absolute atomic E-state index is 12.7. The average Bonchev–Trinajstić information content (AvgIpc) is 2.68. The summed E-state index contributed by atoms with van der Waals surface area (Å²) < 4.78 is 25.3. The monoisotopic (exact) mass is 453 g/mol. The first kappa shape index (κ1) is 22.7. The summed E-state index contributed by atoms with van der Waals surface area (Å²) in [6.45, 7) is -0.323. The fraction of sp³-hybridized carbons (Fsp3) is 0.211. The summed E-state index contributed by atoms with van der Waals surface area (Å²) >= 11 is 11.9. The predicted octanol–water partition coefficient (Wildman–Crippen LogP) is 2.35. The van der Waals surface area contributed by atoms with Gasteiger partial charge in [-0.2, -0.15) is 5.26 Å². The molecule has 0 saturated heterocycles. The van der Waals surface area contributed by atoms with E-state index in [1.807, 2.05) is 0 Å². The number of amides is 2. The molecule has 2 aromatic rings. The number of hydrogen-bond acceptors (Lipinski definition) is 5. The molecule has 29 heavy (non-hydrogen) atoms.